The summed E-state index contributed by atoms with van der Waals surface area (Å²) in [5, 5.41) is 8.45. The van der Waals surface area contributed by atoms with Gasteiger partial charge in [0.1, 0.15) is 11.5 Å². The lowest BCUT2D eigenvalue weighted by Crippen LogP contribution is -2.32. The van der Waals surface area contributed by atoms with Crippen LogP contribution >= 0.6 is 0 Å². The number of halogens is 1. The maximum absolute atomic E-state index is 12.6. The Balaban J connectivity index is 2.75. The minimum atomic E-state index is -0.475. The number of aromatic nitrogens is 1. The van der Waals surface area contributed by atoms with Gasteiger partial charge in [-0.15, -0.1) is 0 Å². The van der Waals surface area contributed by atoms with E-state index in [0.717, 1.165) is 6.20 Å². The molecule has 0 atom stereocenters. The molecular weight excluding hydrogens is 209 g/mol. The summed E-state index contributed by atoms with van der Waals surface area (Å²) in [5.41, 5.74) is 0.196. The third kappa shape index (κ3) is 3.02. The Labute approximate surface area is 93.3 Å². The van der Waals surface area contributed by atoms with E-state index in [-0.39, 0.29) is 18.0 Å². The second-order valence-corrected chi connectivity index (χ2v) is 3.15. The van der Waals surface area contributed by atoms with E-state index in [4.69, 9.17) is 5.26 Å². The minimum absolute atomic E-state index is 0.196. The lowest BCUT2D eigenvalue weighted by atomic mass is 10.3. The number of hydrogen-bond acceptors (Lipinski definition) is 3. The number of rotatable bonds is 4. The molecule has 4 nitrogen and oxygen atoms in total. The van der Waals surface area contributed by atoms with E-state index in [0.29, 0.717) is 13.1 Å². The second-order valence-electron chi connectivity index (χ2n) is 3.15. The highest BCUT2D eigenvalue weighted by Gasteiger charge is 2.14. The predicted octanol–water partition coefficient (Wildman–Crippen LogP) is 1.60. The molecule has 1 rings (SSSR count). The van der Waals surface area contributed by atoms with Gasteiger partial charge in [-0.2, -0.15) is 5.26 Å². The zero-order valence-electron chi connectivity index (χ0n) is 8.98. The van der Waals surface area contributed by atoms with E-state index in [2.05, 4.69) is 4.98 Å². The number of carbonyl (C=O) groups is 1. The fourth-order valence-electron chi connectivity index (χ4n) is 1.25. The fourth-order valence-corrected chi connectivity index (χ4v) is 1.25. The average molecular weight is 221 g/mol. The zero-order chi connectivity index (χ0) is 12.0. The van der Waals surface area contributed by atoms with Crippen molar-refractivity contribution in [2.24, 2.45) is 0 Å². The predicted molar refractivity (Wildman–Crippen MR) is 56.0 cm³/mol. The van der Waals surface area contributed by atoms with Crippen molar-refractivity contribution >= 4 is 5.91 Å². The van der Waals surface area contributed by atoms with Gasteiger partial charge in [-0.3, -0.25) is 4.79 Å². The van der Waals surface area contributed by atoms with Gasteiger partial charge in [0.15, 0.2) is 0 Å². The molecule has 0 aliphatic heterocycles. The molecule has 0 spiro atoms. The summed E-state index contributed by atoms with van der Waals surface area (Å²) in [6.07, 6.45) is 1.28. The molecule has 1 heterocycles. The van der Waals surface area contributed by atoms with Crippen LogP contribution in [-0.4, -0.2) is 28.9 Å². The van der Waals surface area contributed by atoms with Gasteiger partial charge < -0.3 is 4.90 Å². The molecule has 1 amide bonds. The van der Waals surface area contributed by atoms with Gasteiger partial charge in [-0.25, -0.2) is 9.37 Å². The molecule has 0 saturated heterocycles. The fraction of sp³-hybridized carbons (Fsp3) is 0.364. The van der Waals surface area contributed by atoms with Gasteiger partial charge in [0, 0.05) is 13.1 Å². The van der Waals surface area contributed by atoms with E-state index in [1.165, 1.54) is 17.0 Å². The largest absolute Gasteiger partial charge is 0.337 e. The molecule has 0 aliphatic carbocycles. The Kier molecular flexibility index (Phi) is 4.40. The number of nitrogens with zero attached hydrogens (tertiary/aromatic N) is 3. The highest BCUT2D eigenvalue weighted by molar-refractivity contribution is 5.92. The molecule has 1 aromatic rings. The summed E-state index contributed by atoms with van der Waals surface area (Å²) in [6, 6.07) is 4.51. The van der Waals surface area contributed by atoms with E-state index < -0.39 is 5.82 Å². The number of amides is 1. The Morgan fingerprint density at radius 3 is 2.88 bits per heavy atom. The molecule has 84 valence electrons. The van der Waals surface area contributed by atoms with E-state index in [9.17, 15) is 9.18 Å². The Morgan fingerprint density at radius 1 is 1.62 bits per heavy atom. The summed E-state index contributed by atoms with van der Waals surface area (Å²) in [7, 11) is 0. The van der Waals surface area contributed by atoms with Crippen molar-refractivity contribution in [1.82, 2.24) is 9.88 Å². The van der Waals surface area contributed by atoms with Crippen LogP contribution in [0.4, 0.5) is 4.39 Å². The van der Waals surface area contributed by atoms with Gasteiger partial charge in [0.05, 0.1) is 18.7 Å². The van der Waals surface area contributed by atoms with Gasteiger partial charge in [-0.05, 0) is 19.1 Å². The molecule has 5 heteroatoms. The standard InChI is InChI=1S/C11H12FN3O/c1-2-15(7-3-6-13)11(16)10-5-4-9(12)8-14-10/h4-5,8H,2-3,7H2,1H3. The number of nitriles is 1. The van der Waals surface area contributed by atoms with Crippen molar-refractivity contribution in [2.45, 2.75) is 13.3 Å². The van der Waals surface area contributed by atoms with Crippen molar-refractivity contribution < 1.29 is 9.18 Å². The third-order valence-electron chi connectivity index (χ3n) is 2.11. The van der Waals surface area contributed by atoms with Crippen molar-refractivity contribution in [3.63, 3.8) is 0 Å². The van der Waals surface area contributed by atoms with Crippen LogP contribution in [0.2, 0.25) is 0 Å². The summed E-state index contributed by atoms with van der Waals surface area (Å²) < 4.78 is 12.6. The van der Waals surface area contributed by atoms with Gasteiger partial charge in [0.25, 0.3) is 5.91 Å². The van der Waals surface area contributed by atoms with Gasteiger partial charge >= 0.3 is 0 Å². The molecule has 16 heavy (non-hydrogen) atoms. The van der Waals surface area contributed by atoms with Crippen LogP contribution in [-0.2, 0) is 0 Å². The maximum atomic E-state index is 12.6. The number of hydrogen-bond donors (Lipinski definition) is 0. The molecular formula is C11H12FN3O. The number of carbonyl (C=O) groups excluding carboxylic acids is 1. The van der Waals surface area contributed by atoms with Crippen molar-refractivity contribution in [3.05, 3.63) is 29.8 Å². The maximum Gasteiger partial charge on any atom is 0.272 e. The first-order chi connectivity index (χ1) is 7.69. The molecule has 0 aliphatic rings. The first-order valence-corrected chi connectivity index (χ1v) is 4.96. The lowest BCUT2D eigenvalue weighted by Gasteiger charge is -2.18. The SMILES string of the molecule is CCN(CCC#N)C(=O)c1ccc(F)cn1. The molecule has 0 N–H and O–H groups in total. The highest BCUT2D eigenvalue weighted by Crippen LogP contribution is 2.03. The van der Waals surface area contributed by atoms with Crippen LogP contribution in [0.15, 0.2) is 18.3 Å². The average Bonchev–Trinajstić information content (AvgIpc) is 2.30. The van der Waals surface area contributed by atoms with Crippen LogP contribution in [0.25, 0.3) is 0 Å². The van der Waals surface area contributed by atoms with Crippen molar-refractivity contribution in [1.29, 1.82) is 5.26 Å². The zero-order valence-corrected chi connectivity index (χ0v) is 8.98. The smallest absolute Gasteiger partial charge is 0.272 e. The van der Waals surface area contributed by atoms with Crippen LogP contribution in [0.1, 0.15) is 23.8 Å². The van der Waals surface area contributed by atoms with E-state index in [1.54, 1.807) is 0 Å². The van der Waals surface area contributed by atoms with Gasteiger partial charge in [0.2, 0.25) is 0 Å². The minimum Gasteiger partial charge on any atom is -0.337 e. The molecule has 0 radical (unpaired) electrons. The summed E-state index contributed by atoms with van der Waals surface area (Å²) in [6.45, 7) is 2.68. The molecule has 0 saturated carbocycles. The first kappa shape index (κ1) is 12.1. The van der Waals surface area contributed by atoms with Crippen LogP contribution in [0.5, 0.6) is 0 Å². The van der Waals surface area contributed by atoms with Crippen LogP contribution in [0.3, 0.4) is 0 Å². The first-order valence-electron chi connectivity index (χ1n) is 4.96. The molecule has 1 aromatic heterocycles. The third-order valence-corrected chi connectivity index (χ3v) is 2.11. The van der Waals surface area contributed by atoms with Crippen LogP contribution in [0, 0.1) is 17.1 Å². The second kappa shape index (κ2) is 5.81. The Morgan fingerprint density at radius 2 is 2.38 bits per heavy atom. The number of pyridine rings is 1. The molecule has 0 aromatic carbocycles. The van der Waals surface area contributed by atoms with E-state index in [1.807, 2.05) is 13.0 Å². The lowest BCUT2D eigenvalue weighted by molar-refractivity contribution is 0.0762. The quantitative estimate of drug-likeness (QED) is 0.775. The van der Waals surface area contributed by atoms with Crippen molar-refractivity contribution in [2.75, 3.05) is 13.1 Å². The topological polar surface area (TPSA) is 57.0 Å². The monoisotopic (exact) mass is 221 g/mol. The van der Waals surface area contributed by atoms with E-state index >= 15 is 0 Å². The Bertz CT molecular complexity index is 397. The highest BCUT2D eigenvalue weighted by atomic mass is 19.1. The summed E-state index contributed by atoms with van der Waals surface area (Å²) >= 11 is 0. The normalized spacial score (nSPS) is 9.56. The van der Waals surface area contributed by atoms with Crippen molar-refractivity contribution in [3.8, 4) is 6.07 Å². The molecule has 0 fully saturated rings. The van der Waals surface area contributed by atoms with Gasteiger partial charge in [-0.1, -0.05) is 0 Å². The van der Waals surface area contributed by atoms with Crippen LogP contribution < -0.4 is 0 Å². The Hall–Kier alpha value is -1.96. The summed E-state index contributed by atoms with van der Waals surface area (Å²) in [4.78, 5) is 17.0. The summed E-state index contributed by atoms with van der Waals surface area (Å²) in [5.74, 6) is -0.755. The molecule has 0 unspecified atom stereocenters. The molecule has 0 bridgehead atoms.